The number of piperazine rings is 1. The molecule has 2 saturated heterocycles. The number of nitrogens with zero attached hydrogens (tertiary/aromatic N) is 4. The number of benzene rings is 3. The van der Waals surface area contributed by atoms with Crippen LogP contribution in [0.3, 0.4) is 0 Å². The second-order valence-electron chi connectivity index (χ2n) is 9.84. The van der Waals surface area contributed by atoms with Gasteiger partial charge in [-0.3, -0.25) is 24.3 Å². The first-order chi connectivity index (χ1) is 18.5. The topological polar surface area (TPSA) is 56.3 Å². The summed E-state index contributed by atoms with van der Waals surface area (Å²) in [6.45, 7) is 8.43. The van der Waals surface area contributed by atoms with Gasteiger partial charge in [-0.05, 0) is 56.3 Å². The molecule has 196 valence electrons. The zero-order chi connectivity index (χ0) is 26.3. The first-order valence-electron chi connectivity index (χ1n) is 13.2. The minimum Gasteiger partial charge on any atom is -0.494 e. The molecule has 3 heterocycles. The average molecular weight is 529 g/mol. The van der Waals surface area contributed by atoms with Crippen molar-refractivity contribution < 1.29 is 14.3 Å². The van der Waals surface area contributed by atoms with Crippen molar-refractivity contribution in [2.24, 2.45) is 0 Å². The largest absolute Gasteiger partial charge is 0.494 e. The van der Waals surface area contributed by atoms with Crippen molar-refractivity contribution >= 4 is 40.6 Å². The number of hydrogen-bond donors (Lipinski definition) is 0. The molecule has 3 aromatic carbocycles. The highest BCUT2D eigenvalue weighted by Crippen LogP contribution is 2.57. The Morgan fingerprint density at radius 2 is 1.55 bits per heavy atom. The lowest BCUT2D eigenvalue weighted by Crippen LogP contribution is -2.54. The Morgan fingerprint density at radius 1 is 0.868 bits per heavy atom. The van der Waals surface area contributed by atoms with Gasteiger partial charge < -0.3 is 9.64 Å². The van der Waals surface area contributed by atoms with E-state index >= 15 is 0 Å². The number of rotatable bonds is 6. The smallest absolute Gasteiger partial charge is 0.269 e. The van der Waals surface area contributed by atoms with Gasteiger partial charge in [0.05, 0.1) is 24.2 Å². The first-order valence-corrected chi connectivity index (χ1v) is 14.1. The van der Waals surface area contributed by atoms with Gasteiger partial charge >= 0.3 is 0 Å². The minimum atomic E-state index is -1.12. The van der Waals surface area contributed by atoms with E-state index in [4.69, 9.17) is 4.74 Å². The fourth-order valence-electron chi connectivity index (χ4n) is 5.72. The quantitative estimate of drug-likeness (QED) is 0.469. The van der Waals surface area contributed by atoms with Crippen molar-refractivity contribution in [1.29, 1.82) is 0 Å². The fraction of sp³-hybridized carbons (Fsp3) is 0.333. The Hall–Kier alpha value is -3.49. The van der Waals surface area contributed by atoms with E-state index in [2.05, 4.69) is 34.1 Å². The van der Waals surface area contributed by atoms with Crippen LogP contribution in [0.15, 0.2) is 78.9 Å². The van der Waals surface area contributed by atoms with Crippen LogP contribution in [0.2, 0.25) is 0 Å². The average Bonchev–Trinajstić information content (AvgIpc) is 3.35. The molecule has 2 atom stereocenters. The summed E-state index contributed by atoms with van der Waals surface area (Å²) in [4.78, 5) is 35.2. The van der Waals surface area contributed by atoms with Gasteiger partial charge in [0, 0.05) is 43.1 Å². The number of carbonyl (C=O) groups excluding carboxylic acids is 2. The van der Waals surface area contributed by atoms with Crippen LogP contribution in [0, 0.1) is 0 Å². The second kappa shape index (κ2) is 10.0. The number of amides is 2. The van der Waals surface area contributed by atoms with E-state index in [1.54, 1.807) is 4.90 Å². The SMILES string of the molecule is CCOc1ccc(N2C(=O)[C@@H](C)S[C@]23C(=O)N(CN2CCN(c4ccccc4)CC2)c2ccccc23)cc1. The molecular formula is C30H32N4O3S. The maximum Gasteiger partial charge on any atom is 0.269 e. The van der Waals surface area contributed by atoms with Gasteiger partial charge in [0.1, 0.15) is 5.75 Å². The highest BCUT2D eigenvalue weighted by atomic mass is 32.2. The number of anilines is 3. The standard InChI is InChI=1S/C30H32N4O3S/c1-3-37-25-15-13-24(14-16-25)34-28(35)22(2)38-30(34)26-11-7-8-12-27(26)33(29(30)36)21-31-17-19-32(20-18-31)23-9-5-4-6-10-23/h4-16,22H,3,17-21H2,1-2H3/t22-,30-/m1/s1. The zero-order valence-electron chi connectivity index (χ0n) is 21.7. The van der Waals surface area contributed by atoms with Crippen molar-refractivity contribution in [3.63, 3.8) is 0 Å². The van der Waals surface area contributed by atoms with Crippen LogP contribution >= 0.6 is 11.8 Å². The summed E-state index contributed by atoms with van der Waals surface area (Å²) in [6, 6.07) is 25.9. The third kappa shape index (κ3) is 4.03. The fourth-order valence-corrected chi connectivity index (χ4v) is 7.25. The molecule has 38 heavy (non-hydrogen) atoms. The van der Waals surface area contributed by atoms with Crippen LogP contribution in [-0.4, -0.2) is 61.4 Å². The molecule has 0 aromatic heterocycles. The maximum absolute atomic E-state index is 14.4. The molecule has 0 unspecified atom stereocenters. The molecule has 3 aliphatic rings. The summed E-state index contributed by atoms with van der Waals surface area (Å²) >= 11 is 1.44. The molecule has 0 radical (unpaired) electrons. The molecule has 3 aliphatic heterocycles. The van der Waals surface area contributed by atoms with Gasteiger partial charge in [-0.15, -0.1) is 11.8 Å². The van der Waals surface area contributed by atoms with Gasteiger partial charge in [-0.25, -0.2) is 0 Å². The minimum absolute atomic E-state index is 0.0548. The molecular weight excluding hydrogens is 496 g/mol. The monoisotopic (exact) mass is 528 g/mol. The van der Waals surface area contributed by atoms with E-state index in [-0.39, 0.29) is 17.1 Å². The summed E-state index contributed by atoms with van der Waals surface area (Å²) < 4.78 is 5.61. The van der Waals surface area contributed by atoms with Gasteiger partial charge in [0.2, 0.25) is 10.8 Å². The summed E-state index contributed by atoms with van der Waals surface area (Å²) in [7, 11) is 0. The lowest BCUT2D eigenvalue weighted by atomic mass is 10.0. The molecule has 1 spiro atoms. The van der Waals surface area contributed by atoms with Crippen molar-refractivity contribution in [3.05, 3.63) is 84.4 Å². The molecule has 2 fully saturated rings. The number of hydrogen-bond acceptors (Lipinski definition) is 6. The molecule has 8 heteroatoms. The van der Waals surface area contributed by atoms with Crippen molar-refractivity contribution in [2.75, 3.05) is 54.2 Å². The number of para-hydroxylation sites is 2. The first kappa shape index (κ1) is 24.8. The van der Waals surface area contributed by atoms with E-state index in [0.29, 0.717) is 19.0 Å². The van der Waals surface area contributed by atoms with E-state index in [9.17, 15) is 9.59 Å². The Morgan fingerprint density at radius 3 is 2.26 bits per heavy atom. The summed E-state index contributed by atoms with van der Waals surface area (Å²) in [6.07, 6.45) is 0. The second-order valence-corrected chi connectivity index (χ2v) is 11.4. The zero-order valence-corrected chi connectivity index (χ0v) is 22.6. The third-order valence-electron chi connectivity index (χ3n) is 7.57. The molecule has 0 aliphatic carbocycles. The van der Waals surface area contributed by atoms with Crippen LogP contribution in [-0.2, 0) is 14.5 Å². The summed E-state index contributed by atoms with van der Waals surface area (Å²) in [5.74, 6) is 0.633. The predicted molar refractivity (Wildman–Crippen MR) is 153 cm³/mol. The molecule has 2 amide bonds. The van der Waals surface area contributed by atoms with E-state index < -0.39 is 4.87 Å². The Balaban J connectivity index is 1.29. The van der Waals surface area contributed by atoms with Crippen molar-refractivity contribution in [3.8, 4) is 5.75 Å². The van der Waals surface area contributed by atoms with Crippen LogP contribution in [0.1, 0.15) is 19.4 Å². The molecule has 0 saturated carbocycles. The highest BCUT2D eigenvalue weighted by molar-refractivity contribution is 8.03. The predicted octanol–water partition coefficient (Wildman–Crippen LogP) is 4.53. The van der Waals surface area contributed by atoms with Gasteiger partial charge in [-0.2, -0.15) is 0 Å². The number of fused-ring (bicyclic) bond motifs is 2. The van der Waals surface area contributed by atoms with E-state index in [1.807, 2.05) is 73.3 Å². The number of ether oxygens (including phenoxy) is 1. The molecule has 0 N–H and O–H groups in total. The molecule has 0 bridgehead atoms. The Bertz CT molecular complexity index is 1330. The van der Waals surface area contributed by atoms with Crippen LogP contribution < -0.4 is 19.4 Å². The van der Waals surface area contributed by atoms with Gasteiger partial charge in [-0.1, -0.05) is 36.4 Å². The molecule has 3 aromatic rings. The number of thioether (sulfide) groups is 1. The molecule has 6 rings (SSSR count). The summed E-state index contributed by atoms with van der Waals surface area (Å²) in [5, 5.41) is -0.340. The highest BCUT2D eigenvalue weighted by Gasteiger charge is 2.63. The number of carbonyl (C=O) groups is 2. The Kier molecular flexibility index (Phi) is 6.53. The van der Waals surface area contributed by atoms with Crippen LogP contribution in [0.4, 0.5) is 17.1 Å². The Labute approximate surface area is 228 Å². The summed E-state index contributed by atoms with van der Waals surface area (Å²) in [5.41, 5.74) is 3.70. The van der Waals surface area contributed by atoms with E-state index in [0.717, 1.165) is 43.2 Å². The van der Waals surface area contributed by atoms with Crippen molar-refractivity contribution in [1.82, 2.24) is 4.90 Å². The molecule has 7 nitrogen and oxygen atoms in total. The maximum atomic E-state index is 14.4. The van der Waals surface area contributed by atoms with Gasteiger partial charge in [0.15, 0.2) is 0 Å². The van der Waals surface area contributed by atoms with Gasteiger partial charge in [0.25, 0.3) is 5.91 Å². The van der Waals surface area contributed by atoms with Crippen LogP contribution in [0.5, 0.6) is 5.75 Å². The van der Waals surface area contributed by atoms with E-state index in [1.165, 1.54) is 17.4 Å². The normalized spacial score (nSPS) is 23.4. The van der Waals surface area contributed by atoms with Crippen LogP contribution in [0.25, 0.3) is 0 Å². The third-order valence-corrected chi connectivity index (χ3v) is 9.04. The van der Waals surface area contributed by atoms with Crippen molar-refractivity contribution in [2.45, 2.75) is 24.0 Å². The lowest BCUT2D eigenvalue weighted by Gasteiger charge is -2.38. The lowest BCUT2D eigenvalue weighted by molar-refractivity contribution is -0.124.